The third-order valence-electron chi connectivity index (χ3n) is 2.11. The zero-order valence-corrected chi connectivity index (χ0v) is 10.4. The lowest BCUT2D eigenvalue weighted by Gasteiger charge is -2.03. The molecule has 0 bridgehead atoms. The quantitative estimate of drug-likeness (QED) is 0.811. The van der Waals surface area contributed by atoms with E-state index in [2.05, 4.69) is 27.4 Å². The Balaban J connectivity index is 2.18. The number of rotatable bonds is 2. The van der Waals surface area contributed by atoms with Crippen LogP contribution in [0.1, 0.15) is 15.9 Å². The van der Waals surface area contributed by atoms with Gasteiger partial charge in [0.1, 0.15) is 17.9 Å². The molecule has 2 N–H and O–H groups in total. The summed E-state index contributed by atoms with van der Waals surface area (Å²) in [7, 11) is 0. The second kappa shape index (κ2) is 6.04. The number of anilines is 1. The standard InChI is InChI=1S/C12H8FN3O2S/c13-10-6-8(2-1-5-17)3-4-9(10)11(18)15-12-16-14-7-19-12/h3-4,6-7,17H,5H2,(H,15,16,18). The molecule has 0 spiro atoms. The summed E-state index contributed by atoms with van der Waals surface area (Å²) in [6.45, 7) is -0.305. The molecule has 1 heterocycles. The van der Waals surface area contributed by atoms with Crippen LogP contribution < -0.4 is 5.32 Å². The van der Waals surface area contributed by atoms with Crippen molar-refractivity contribution in [2.24, 2.45) is 0 Å². The number of carbonyl (C=O) groups is 1. The fourth-order valence-electron chi connectivity index (χ4n) is 1.31. The minimum absolute atomic E-state index is 0.107. The zero-order chi connectivity index (χ0) is 13.7. The number of amides is 1. The molecule has 1 aromatic heterocycles. The van der Waals surface area contributed by atoms with Gasteiger partial charge in [-0.1, -0.05) is 23.2 Å². The van der Waals surface area contributed by atoms with Crippen LogP contribution in [-0.4, -0.2) is 27.8 Å². The Hall–Kier alpha value is -2.30. The van der Waals surface area contributed by atoms with Crippen LogP contribution in [0.2, 0.25) is 0 Å². The van der Waals surface area contributed by atoms with E-state index >= 15 is 0 Å². The summed E-state index contributed by atoms with van der Waals surface area (Å²) in [5.74, 6) is 3.66. The summed E-state index contributed by atoms with van der Waals surface area (Å²) in [5.41, 5.74) is 1.74. The molecule has 5 nitrogen and oxygen atoms in total. The zero-order valence-electron chi connectivity index (χ0n) is 9.55. The first-order chi connectivity index (χ1) is 9.20. The van der Waals surface area contributed by atoms with Crippen molar-refractivity contribution >= 4 is 22.4 Å². The topological polar surface area (TPSA) is 75.1 Å². The predicted octanol–water partition coefficient (Wildman–Crippen LogP) is 1.27. The molecule has 0 radical (unpaired) electrons. The summed E-state index contributed by atoms with van der Waals surface area (Å²) in [4.78, 5) is 11.8. The largest absolute Gasteiger partial charge is 0.384 e. The molecule has 96 valence electrons. The maximum atomic E-state index is 13.7. The number of carbonyl (C=O) groups excluding carboxylic acids is 1. The number of aromatic nitrogens is 2. The number of nitrogens with zero attached hydrogens (tertiary/aromatic N) is 2. The molecule has 0 atom stereocenters. The van der Waals surface area contributed by atoms with Crippen molar-refractivity contribution in [3.8, 4) is 11.8 Å². The van der Waals surface area contributed by atoms with Gasteiger partial charge in [0.05, 0.1) is 5.56 Å². The van der Waals surface area contributed by atoms with Crippen molar-refractivity contribution in [1.82, 2.24) is 10.2 Å². The highest BCUT2D eigenvalue weighted by Gasteiger charge is 2.13. The first-order valence-corrected chi connectivity index (χ1v) is 6.05. The van der Waals surface area contributed by atoms with Gasteiger partial charge in [-0.05, 0) is 18.2 Å². The number of halogens is 1. The average molecular weight is 277 g/mol. The van der Waals surface area contributed by atoms with Crippen LogP contribution >= 0.6 is 11.3 Å². The SMILES string of the molecule is O=C(Nc1nncs1)c1ccc(C#CCO)cc1F. The minimum Gasteiger partial charge on any atom is -0.384 e. The lowest BCUT2D eigenvalue weighted by molar-refractivity contribution is 0.102. The molecule has 0 fully saturated rings. The summed E-state index contributed by atoms with van der Waals surface area (Å²) < 4.78 is 13.7. The van der Waals surface area contributed by atoms with Crippen LogP contribution in [0.3, 0.4) is 0 Å². The molecule has 0 saturated carbocycles. The number of aliphatic hydroxyl groups is 1. The Bertz CT molecular complexity index is 647. The van der Waals surface area contributed by atoms with Crippen LogP contribution in [0.4, 0.5) is 9.52 Å². The maximum Gasteiger partial charge on any atom is 0.260 e. The van der Waals surface area contributed by atoms with E-state index < -0.39 is 11.7 Å². The Kier molecular flexibility index (Phi) is 4.18. The Morgan fingerprint density at radius 3 is 3.00 bits per heavy atom. The van der Waals surface area contributed by atoms with Crippen molar-refractivity contribution < 1.29 is 14.3 Å². The van der Waals surface area contributed by atoms with Gasteiger partial charge in [0.25, 0.3) is 5.91 Å². The molecule has 0 aliphatic rings. The molecule has 1 aromatic carbocycles. The van der Waals surface area contributed by atoms with E-state index in [4.69, 9.17) is 5.11 Å². The smallest absolute Gasteiger partial charge is 0.260 e. The Morgan fingerprint density at radius 2 is 2.37 bits per heavy atom. The average Bonchev–Trinajstić information content (AvgIpc) is 2.89. The third kappa shape index (κ3) is 3.34. The fraction of sp³-hybridized carbons (Fsp3) is 0.0833. The van der Waals surface area contributed by atoms with Crippen molar-refractivity contribution in [2.75, 3.05) is 11.9 Å². The lowest BCUT2D eigenvalue weighted by Crippen LogP contribution is -2.13. The van der Waals surface area contributed by atoms with Crippen LogP contribution in [-0.2, 0) is 0 Å². The summed E-state index contributed by atoms with van der Waals surface area (Å²) in [6, 6.07) is 3.96. The van der Waals surface area contributed by atoms with Gasteiger partial charge in [-0.3, -0.25) is 10.1 Å². The molecule has 0 unspecified atom stereocenters. The van der Waals surface area contributed by atoms with Gasteiger partial charge < -0.3 is 5.11 Å². The molecule has 0 aliphatic heterocycles. The van der Waals surface area contributed by atoms with Crippen molar-refractivity contribution in [2.45, 2.75) is 0 Å². The highest BCUT2D eigenvalue weighted by atomic mass is 32.1. The van der Waals surface area contributed by atoms with E-state index in [-0.39, 0.29) is 12.2 Å². The minimum atomic E-state index is -0.688. The molecule has 0 aliphatic carbocycles. The van der Waals surface area contributed by atoms with Crippen LogP contribution in [0.15, 0.2) is 23.7 Å². The van der Waals surface area contributed by atoms with Gasteiger partial charge in [0, 0.05) is 5.56 Å². The van der Waals surface area contributed by atoms with E-state index in [0.717, 1.165) is 17.4 Å². The molecule has 2 rings (SSSR count). The fourth-order valence-corrected chi connectivity index (χ4v) is 1.75. The van der Waals surface area contributed by atoms with E-state index in [0.29, 0.717) is 10.7 Å². The molecule has 2 aromatic rings. The predicted molar refractivity (Wildman–Crippen MR) is 68.2 cm³/mol. The lowest BCUT2D eigenvalue weighted by atomic mass is 10.1. The third-order valence-corrected chi connectivity index (χ3v) is 2.71. The molecule has 1 amide bonds. The van der Waals surface area contributed by atoms with Gasteiger partial charge in [0.2, 0.25) is 5.13 Å². The molecule has 0 saturated heterocycles. The van der Waals surface area contributed by atoms with E-state index in [1.54, 1.807) is 0 Å². The first kappa shape index (κ1) is 13.1. The van der Waals surface area contributed by atoms with Crippen molar-refractivity contribution in [1.29, 1.82) is 0 Å². The highest BCUT2D eigenvalue weighted by Crippen LogP contribution is 2.14. The number of nitrogens with one attached hydrogen (secondary N) is 1. The first-order valence-electron chi connectivity index (χ1n) is 5.17. The Labute approximate surface area is 112 Å². The highest BCUT2D eigenvalue weighted by molar-refractivity contribution is 7.13. The van der Waals surface area contributed by atoms with Gasteiger partial charge in [-0.15, -0.1) is 10.2 Å². The van der Waals surface area contributed by atoms with Crippen LogP contribution in [0.5, 0.6) is 0 Å². The maximum absolute atomic E-state index is 13.7. The number of hydrogen-bond acceptors (Lipinski definition) is 5. The molecule has 7 heteroatoms. The second-order valence-corrected chi connectivity index (χ2v) is 4.19. The summed E-state index contributed by atoms with van der Waals surface area (Å²) >= 11 is 1.14. The number of aliphatic hydroxyl groups excluding tert-OH is 1. The summed E-state index contributed by atoms with van der Waals surface area (Å²) in [6.07, 6.45) is 0. The van der Waals surface area contributed by atoms with E-state index in [1.165, 1.54) is 17.6 Å². The van der Waals surface area contributed by atoms with Crippen molar-refractivity contribution in [3.63, 3.8) is 0 Å². The molecular weight excluding hydrogens is 269 g/mol. The number of benzene rings is 1. The second-order valence-electron chi connectivity index (χ2n) is 3.35. The monoisotopic (exact) mass is 277 g/mol. The van der Waals surface area contributed by atoms with Gasteiger partial charge in [-0.25, -0.2) is 4.39 Å². The molecular formula is C12H8FN3O2S. The van der Waals surface area contributed by atoms with Crippen LogP contribution in [0.25, 0.3) is 0 Å². The normalized spacial score (nSPS) is 9.58. The Morgan fingerprint density at radius 1 is 1.53 bits per heavy atom. The number of hydrogen-bond donors (Lipinski definition) is 2. The van der Waals surface area contributed by atoms with Gasteiger partial charge in [0.15, 0.2) is 0 Å². The van der Waals surface area contributed by atoms with Gasteiger partial charge >= 0.3 is 0 Å². The van der Waals surface area contributed by atoms with Crippen LogP contribution in [0, 0.1) is 17.7 Å². The van der Waals surface area contributed by atoms with Gasteiger partial charge in [-0.2, -0.15) is 0 Å². The summed E-state index contributed by atoms with van der Waals surface area (Å²) in [5, 5.41) is 18.5. The van der Waals surface area contributed by atoms with Crippen molar-refractivity contribution in [3.05, 3.63) is 40.7 Å². The van der Waals surface area contributed by atoms with E-state index in [9.17, 15) is 9.18 Å². The molecule has 19 heavy (non-hydrogen) atoms. The van der Waals surface area contributed by atoms with E-state index in [1.807, 2.05) is 0 Å².